The number of para-hydroxylation sites is 1. The molecule has 0 saturated carbocycles. The van der Waals surface area contributed by atoms with Gasteiger partial charge in [-0.05, 0) is 25.5 Å². The fourth-order valence-corrected chi connectivity index (χ4v) is 2.04. The molecule has 0 aliphatic heterocycles. The summed E-state index contributed by atoms with van der Waals surface area (Å²) in [5.74, 6) is -0.974. The number of carbonyl (C=O) groups excluding carboxylic acids is 3. The zero-order valence-electron chi connectivity index (χ0n) is 13.9. The Hall–Kier alpha value is -2.37. The molecule has 0 spiro atoms. The van der Waals surface area contributed by atoms with Crippen molar-refractivity contribution in [2.75, 3.05) is 25.0 Å². The van der Waals surface area contributed by atoms with Gasteiger partial charge in [-0.15, -0.1) is 0 Å². The monoisotopic (exact) mass is 320 g/mol. The molecule has 0 aliphatic carbocycles. The second-order valence-corrected chi connectivity index (χ2v) is 5.11. The van der Waals surface area contributed by atoms with Gasteiger partial charge in [0.2, 0.25) is 11.8 Å². The second kappa shape index (κ2) is 9.61. The van der Waals surface area contributed by atoms with E-state index in [4.69, 9.17) is 4.74 Å². The van der Waals surface area contributed by atoms with Gasteiger partial charge in [0, 0.05) is 13.5 Å². The minimum Gasteiger partial charge on any atom is -0.462 e. The summed E-state index contributed by atoms with van der Waals surface area (Å²) in [4.78, 5) is 37.1. The molecule has 0 aliphatic rings. The van der Waals surface area contributed by atoms with E-state index in [9.17, 15) is 14.4 Å². The van der Waals surface area contributed by atoms with Crippen LogP contribution in [0.25, 0.3) is 0 Å². The number of amides is 2. The van der Waals surface area contributed by atoms with Crippen LogP contribution in [-0.2, 0) is 14.3 Å². The average molecular weight is 320 g/mol. The molecule has 1 aromatic carbocycles. The molecule has 6 heteroatoms. The maximum absolute atomic E-state index is 12.2. The van der Waals surface area contributed by atoms with Crippen molar-refractivity contribution < 1.29 is 19.1 Å². The van der Waals surface area contributed by atoms with Crippen molar-refractivity contribution in [1.29, 1.82) is 0 Å². The summed E-state index contributed by atoms with van der Waals surface area (Å²) in [6.45, 7) is 5.95. The Morgan fingerprint density at radius 3 is 2.48 bits per heavy atom. The number of nitrogens with one attached hydrogen (secondary N) is 1. The van der Waals surface area contributed by atoms with Gasteiger partial charge in [0.1, 0.15) is 0 Å². The third-order valence-electron chi connectivity index (χ3n) is 3.26. The van der Waals surface area contributed by atoms with Gasteiger partial charge in [-0.2, -0.15) is 0 Å². The first-order chi connectivity index (χ1) is 11.0. The van der Waals surface area contributed by atoms with Gasteiger partial charge in [0.25, 0.3) is 0 Å². The van der Waals surface area contributed by atoms with Crippen molar-refractivity contribution >= 4 is 23.5 Å². The summed E-state index contributed by atoms with van der Waals surface area (Å²) in [6.07, 6.45) is 1.78. The summed E-state index contributed by atoms with van der Waals surface area (Å²) in [6, 6.07) is 6.64. The van der Waals surface area contributed by atoms with Crippen molar-refractivity contribution in [2.45, 2.75) is 33.6 Å². The summed E-state index contributed by atoms with van der Waals surface area (Å²) < 4.78 is 4.97. The Morgan fingerprint density at radius 1 is 1.17 bits per heavy atom. The Labute approximate surface area is 136 Å². The first kappa shape index (κ1) is 18.7. The highest BCUT2D eigenvalue weighted by Crippen LogP contribution is 2.16. The molecule has 2 amide bonds. The zero-order valence-corrected chi connectivity index (χ0v) is 13.9. The van der Waals surface area contributed by atoms with E-state index in [1.807, 2.05) is 6.92 Å². The normalized spacial score (nSPS) is 10.0. The van der Waals surface area contributed by atoms with Gasteiger partial charge in [-0.25, -0.2) is 4.79 Å². The smallest absolute Gasteiger partial charge is 0.340 e. The molecule has 126 valence electrons. The van der Waals surface area contributed by atoms with E-state index >= 15 is 0 Å². The highest BCUT2D eigenvalue weighted by atomic mass is 16.5. The minimum absolute atomic E-state index is 0.0352. The van der Waals surface area contributed by atoms with Crippen LogP contribution in [0.15, 0.2) is 24.3 Å². The third kappa shape index (κ3) is 6.10. The van der Waals surface area contributed by atoms with E-state index < -0.39 is 5.97 Å². The third-order valence-corrected chi connectivity index (χ3v) is 3.26. The van der Waals surface area contributed by atoms with E-state index in [1.54, 1.807) is 31.2 Å². The Morgan fingerprint density at radius 2 is 1.87 bits per heavy atom. The molecular weight excluding hydrogens is 296 g/mol. The van der Waals surface area contributed by atoms with Crippen molar-refractivity contribution in [1.82, 2.24) is 4.90 Å². The number of unbranched alkanes of at least 4 members (excludes halogenated alkanes) is 1. The van der Waals surface area contributed by atoms with E-state index in [2.05, 4.69) is 5.32 Å². The molecule has 0 atom stereocenters. The second-order valence-electron chi connectivity index (χ2n) is 5.11. The molecule has 0 unspecified atom stereocenters. The number of hydrogen-bond acceptors (Lipinski definition) is 4. The highest BCUT2D eigenvalue weighted by Gasteiger charge is 2.17. The Kier molecular flexibility index (Phi) is 7.80. The molecule has 0 bridgehead atoms. The average Bonchev–Trinajstić information content (AvgIpc) is 2.51. The lowest BCUT2D eigenvalue weighted by Crippen LogP contribution is -2.37. The fourth-order valence-electron chi connectivity index (χ4n) is 2.04. The zero-order chi connectivity index (χ0) is 17.2. The maximum Gasteiger partial charge on any atom is 0.340 e. The number of hydrogen-bond donors (Lipinski definition) is 1. The summed E-state index contributed by atoms with van der Waals surface area (Å²) in [5.41, 5.74) is 0.681. The standard InChI is InChI=1S/C17H24N2O4/c1-4-6-11-19(13(3)20)12-16(21)18-15-10-8-7-9-14(15)17(22)23-5-2/h7-10H,4-6,11-12H2,1-3H3,(H,18,21). The molecule has 0 fully saturated rings. The molecular formula is C17H24N2O4. The first-order valence-corrected chi connectivity index (χ1v) is 7.81. The molecule has 23 heavy (non-hydrogen) atoms. The number of anilines is 1. The summed E-state index contributed by atoms with van der Waals surface area (Å²) >= 11 is 0. The predicted molar refractivity (Wildman–Crippen MR) is 88.2 cm³/mol. The Bertz CT molecular complexity index is 557. The number of rotatable bonds is 8. The van der Waals surface area contributed by atoms with Crippen molar-refractivity contribution in [2.24, 2.45) is 0 Å². The van der Waals surface area contributed by atoms with Gasteiger partial charge < -0.3 is 15.0 Å². The van der Waals surface area contributed by atoms with Crippen LogP contribution >= 0.6 is 0 Å². The SMILES string of the molecule is CCCCN(CC(=O)Nc1ccccc1C(=O)OCC)C(C)=O. The molecule has 1 aromatic rings. The number of esters is 1. The molecule has 6 nitrogen and oxygen atoms in total. The minimum atomic E-state index is -0.488. The van der Waals surface area contributed by atoms with E-state index in [0.717, 1.165) is 12.8 Å². The van der Waals surface area contributed by atoms with Crippen LogP contribution < -0.4 is 5.32 Å². The van der Waals surface area contributed by atoms with Crippen molar-refractivity contribution in [3.63, 3.8) is 0 Å². The lowest BCUT2D eigenvalue weighted by Gasteiger charge is -2.20. The number of ether oxygens (including phenoxy) is 1. The topological polar surface area (TPSA) is 75.7 Å². The Balaban J connectivity index is 2.77. The van der Waals surface area contributed by atoms with Gasteiger partial charge in [-0.3, -0.25) is 9.59 Å². The first-order valence-electron chi connectivity index (χ1n) is 7.81. The van der Waals surface area contributed by atoms with Gasteiger partial charge in [0.05, 0.1) is 24.4 Å². The van der Waals surface area contributed by atoms with Crippen molar-refractivity contribution in [3.8, 4) is 0 Å². The van der Waals surface area contributed by atoms with E-state index in [0.29, 0.717) is 17.8 Å². The molecule has 0 heterocycles. The number of carbonyl (C=O) groups is 3. The lowest BCUT2D eigenvalue weighted by molar-refractivity contribution is -0.132. The van der Waals surface area contributed by atoms with Gasteiger partial charge in [-0.1, -0.05) is 25.5 Å². The molecule has 0 saturated heterocycles. The molecule has 1 rings (SSSR count). The van der Waals surface area contributed by atoms with Crippen LogP contribution in [-0.4, -0.2) is 42.4 Å². The highest BCUT2D eigenvalue weighted by molar-refractivity contribution is 6.02. The lowest BCUT2D eigenvalue weighted by atomic mass is 10.2. The summed E-state index contributed by atoms with van der Waals surface area (Å²) in [7, 11) is 0. The van der Waals surface area contributed by atoms with Crippen LogP contribution in [0, 0.1) is 0 Å². The van der Waals surface area contributed by atoms with Gasteiger partial charge in [0.15, 0.2) is 0 Å². The van der Waals surface area contributed by atoms with Crippen LogP contribution in [0.5, 0.6) is 0 Å². The van der Waals surface area contributed by atoms with E-state index in [-0.39, 0.29) is 25.0 Å². The number of benzene rings is 1. The van der Waals surface area contributed by atoms with Crippen LogP contribution in [0.3, 0.4) is 0 Å². The largest absolute Gasteiger partial charge is 0.462 e. The predicted octanol–water partition coefficient (Wildman–Crippen LogP) is 2.45. The van der Waals surface area contributed by atoms with Crippen LogP contribution in [0.4, 0.5) is 5.69 Å². The fraction of sp³-hybridized carbons (Fsp3) is 0.471. The van der Waals surface area contributed by atoms with E-state index in [1.165, 1.54) is 11.8 Å². The molecule has 1 N–H and O–H groups in total. The van der Waals surface area contributed by atoms with Crippen molar-refractivity contribution in [3.05, 3.63) is 29.8 Å². The van der Waals surface area contributed by atoms with Crippen LogP contribution in [0.1, 0.15) is 44.0 Å². The van der Waals surface area contributed by atoms with Gasteiger partial charge >= 0.3 is 5.97 Å². The van der Waals surface area contributed by atoms with Crippen LogP contribution in [0.2, 0.25) is 0 Å². The quantitative estimate of drug-likeness (QED) is 0.747. The molecule has 0 aromatic heterocycles. The molecule has 0 radical (unpaired) electrons. The summed E-state index contributed by atoms with van der Waals surface area (Å²) in [5, 5.41) is 2.68. The number of nitrogens with zero attached hydrogens (tertiary/aromatic N) is 1. The maximum atomic E-state index is 12.2.